The zero-order valence-corrected chi connectivity index (χ0v) is 19.9. The minimum Gasteiger partial charge on any atom is -0.481 e. The minimum atomic E-state index is -0.761. The van der Waals surface area contributed by atoms with Crippen LogP contribution in [0.3, 0.4) is 0 Å². The van der Waals surface area contributed by atoms with Crippen molar-refractivity contribution < 1.29 is 19.4 Å². The number of rotatable bonds is 22. The molecule has 0 aromatic rings. The van der Waals surface area contributed by atoms with Crippen LogP contribution in [0.1, 0.15) is 136 Å². The molecule has 5 heteroatoms. The quantitative estimate of drug-likeness (QED) is 0.174. The van der Waals surface area contributed by atoms with Gasteiger partial charge in [-0.1, -0.05) is 104 Å². The summed E-state index contributed by atoms with van der Waals surface area (Å²) in [5, 5.41) is 11.6. The number of amides is 1. The van der Waals surface area contributed by atoms with Crippen molar-refractivity contribution in [3.8, 4) is 0 Å². The van der Waals surface area contributed by atoms with Crippen molar-refractivity contribution in [3.05, 3.63) is 0 Å². The molecule has 0 aromatic heterocycles. The average molecular weight is 428 g/mol. The molecule has 0 spiro atoms. The maximum absolute atomic E-state index is 11.9. The first-order chi connectivity index (χ1) is 14.6. The van der Waals surface area contributed by atoms with Gasteiger partial charge in [-0.3, -0.25) is 4.79 Å². The maximum Gasteiger partial charge on any atom is 0.407 e. The monoisotopic (exact) mass is 427 g/mol. The Morgan fingerprint density at radius 3 is 1.70 bits per heavy atom. The van der Waals surface area contributed by atoms with Crippen LogP contribution >= 0.6 is 0 Å². The zero-order chi connectivity index (χ0) is 22.3. The highest BCUT2D eigenvalue weighted by Crippen LogP contribution is 2.13. The summed E-state index contributed by atoms with van der Waals surface area (Å²) in [7, 11) is 0. The lowest BCUT2D eigenvalue weighted by atomic mass is 10.0. The zero-order valence-electron chi connectivity index (χ0n) is 19.9. The summed E-state index contributed by atoms with van der Waals surface area (Å²) in [6, 6.07) is 0.0719. The van der Waals surface area contributed by atoms with E-state index in [2.05, 4.69) is 12.2 Å². The number of aliphatic carboxylic acids is 1. The van der Waals surface area contributed by atoms with E-state index in [1.165, 1.54) is 77.0 Å². The van der Waals surface area contributed by atoms with E-state index < -0.39 is 5.97 Å². The lowest BCUT2D eigenvalue weighted by molar-refractivity contribution is -0.137. The van der Waals surface area contributed by atoms with Crippen molar-refractivity contribution in [2.24, 2.45) is 0 Å². The van der Waals surface area contributed by atoms with E-state index in [4.69, 9.17) is 9.84 Å². The molecule has 0 saturated heterocycles. The second-order valence-electron chi connectivity index (χ2n) is 8.62. The van der Waals surface area contributed by atoms with Gasteiger partial charge in [-0.2, -0.15) is 0 Å². The van der Waals surface area contributed by atoms with E-state index in [0.29, 0.717) is 13.0 Å². The van der Waals surface area contributed by atoms with Crippen molar-refractivity contribution in [1.29, 1.82) is 0 Å². The Balaban J connectivity index is 3.38. The van der Waals surface area contributed by atoms with Crippen molar-refractivity contribution in [2.45, 2.75) is 142 Å². The molecule has 1 atom stereocenters. The molecule has 0 aliphatic heterocycles. The highest BCUT2D eigenvalue weighted by atomic mass is 16.5. The first-order valence-corrected chi connectivity index (χ1v) is 12.7. The Labute approximate surface area is 185 Å². The molecule has 30 heavy (non-hydrogen) atoms. The van der Waals surface area contributed by atoms with Crippen molar-refractivity contribution in [3.63, 3.8) is 0 Å². The summed E-state index contributed by atoms with van der Waals surface area (Å²) in [6.45, 7) is 4.78. The predicted octanol–water partition coefficient (Wildman–Crippen LogP) is 7.62. The van der Waals surface area contributed by atoms with Gasteiger partial charge >= 0.3 is 12.1 Å². The summed E-state index contributed by atoms with van der Waals surface area (Å²) in [5.74, 6) is -0.761. The van der Waals surface area contributed by atoms with Gasteiger partial charge in [0.2, 0.25) is 0 Å². The standard InChI is InChI=1S/C25H49NO4/c1-3-5-6-7-8-9-10-11-12-13-14-15-16-19-22-30-25(29)26-23(4-2)20-17-18-21-24(27)28/h23H,3-22H2,1-2H3,(H,26,29)(H,27,28). The van der Waals surface area contributed by atoms with Crippen molar-refractivity contribution in [1.82, 2.24) is 5.32 Å². The predicted molar refractivity (Wildman–Crippen MR) is 125 cm³/mol. The fourth-order valence-corrected chi connectivity index (χ4v) is 3.72. The van der Waals surface area contributed by atoms with Crippen molar-refractivity contribution >= 4 is 12.1 Å². The van der Waals surface area contributed by atoms with Crippen LogP contribution in [0.4, 0.5) is 4.79 Å². The van der Waals surface area contributed by atoms with E-state index in [1.807, 2.05) is 6.92 Å². The van der Waals surface area contributed by atoms with Gasteiger partial charge in [0.1, 0.15) is 0 Å². The second-order valence-corrected chi connectivity index (χ2v) is 8.62. The molecule has 178 valence electrons. The summed E-state index contributed by atoms with van der Waals surface area (Å²) in [5.41, 5.74) is 0. The number of hydrogen-bond acceptors (Lipinski definition) is 3. The third-order valence-corrected chi connectivity index (χ3v) is 5.74. The Bertz CT molecular complexity index is 401. The van der Waals surface area contributed by atoms with E-state index in [1.54, 1.807) is 0 Å². The minimum absolute atomic E-state index is 0.0719. The number of carboxylic acid groups (broad SMARTS) is 1. The Kier molecular flexibility index (Phi) is 21.5. The molecular weight excluding hydrogens is 378 g/mol. The van der Waals surface area contributed by atoms with Crippen molar-refractivity contribution in [2.75, 3.05) is 6.61 Å². The Morgan fingerprint density at radius 2 is 1.23 bits per heavy atom. The molecule has 0 aliphatic rings. The molecule has 0 aliphatic carbocycles. The smallest absolute Gasteiger partial charge is 0.407 e. The molecule has 2 N–H and O–H groups in total. The molecule has 5 nitrogen and oxygen atoms in total. The van der Waals surface area contributed by atoms with E-state index in [0.717, 1.165) is 32.1 Å². The highest BCUT2D eigenvalue weighted by Gasteiger charge is 2.11. The largest absolute Gasteiger partial charge is 0.481 e. The van der Waals surface area contributed by atoms with Gasteiger partial charge in [-0.05, 0) is 25.7 Å². The first-order valence-electron chi connectivity index (χ1n) is 12.7. The number of hydrogen-bond donors (Lipinski definition) is 2. The fourth-order valence-electron chi connectivity index (χ4n) is 3.72. The second kappa shape index (κ2) is 22.4. The van der Waals surface area contributed by atoms with Crippen LogP contribution in [-0.4, -0.2) is 29.8 Å². The number of alkyl carbamates (subject to hydrolysis) is 1. The number of carboxylic acids is 1. The Morgan fingerprint density at radius 1 is 0.733 bits per heavy atom. The summed E-state index contributed by atoms with van der Waals surface area (Å²) < 4.78 is 5.28. The lowest BCUT2D eigenvalue weighted by Crippen LogP contribution is -2.35. The molecule has 0 saturated carbocycles. The highest BCUT2D eigenvalue weighted by molar-refractivity contribution is 5.67. The van der Waals surface area contributed by atoms with Crippen LogP contribution in [0, 0.1) is 0 Å². The molecule has 0 radical (unpaired) electrons. The third kappa shape index (κ3) is 21.4. The van der Waals surface area contributed by atoms with Crippen LogP contribution in [0.5, 0.6) is 0 Å². The fraction of sp³-hybridized carbons (Fsp3) is 0.920. The average Bonchev–Trinajstić information content (AvgIpc) is 2.72. The molecule has 1 unspecified atom stereocenters. The number of carbonyl (C=O) groups excluding carboxylic acids is 1. The number of carbonyl (C=O) groups is 2. The third-order valence-electron chi connectivity index (χ3n) is 5.74. The van der Waals surface area contributed by atoms with Crippen LogP contribution in [0.2, 0.25) is 0 Å². The van der Waals surface area contributed by atoms with Gasteiger partial charge in [0, 0.05) is 12.5 Å². The van der Waals surface area contributed by atoms with Gasteiger partial charge in [-0.25, -0.2) is 4.79 Å². The molecule has 0 bridgehead atoms. The van der Waals surface area contributed by atoms with Crippen LogP contribution in [-0.2, 0) is 9.53 Å². The number of unbranched alkanes of at least 4 members (excludes halogenated alkanes) is 14. The lowest BCUT2D eigenvalue weighted by Gasteiger charge is -2.16. The van der Waals surface area contributed by atoms with Gasteiger partial charge in [0.05, 0.1) is 6.61 Å². The normalized spacial score (nSPS) is 11.9. The molecule has 0 aromatic carbocycles. The molecule has 1 amide bonds. The molecular formula is C25H49NO4. The van der Waals surface area contributed by atoms with Gasteiger partial charge in [-0.15, -0.1) is 0 Å². The van der Waals surface area contributed by atoms with E-state index in [9.17, 15) is 9.59 Å². The Hall–Kier alpha value is -1.26. The van der Waals surface area contributed by atoms with E-state index >= 15 is 0 Å². The topological polar surface area (TPSA) is 75.6 Å². The first kappa shape index (κ1) is 28.7. The van der Waals surface area contributed by atoms with Crippen LogP contribution in [0.25, 0.3) is 0 Å². The maximum atomic E-state index is 11.9. The molecule has 0 fully saturated rings. The SMILES string of the molecule is CCCCCCCCCCCCCCCCOC(=O)NC(CC)CCCCC(=O)O. The molecule has 0 rings (SSSR count). The van der Waals surface area contributed by atoms with E-state index in [-0.39, 0.29) is 18.6 Å². The van der Waals surface area contributed by atoms with Gasteiger partial charge in [0.25, 0.3) is 0 Å². The van der Waals surface area contributed by atoms with Crippen LogP contribution < -0.4 is 5.32 Å². The summed E-state index contributed by atoms with van der Waals surface area (Å²) >= 11 is 0. The number of ether oxygens (including phenoxy) is 1. The van der Waals surface area contributed by atoms with Crippen LogP contribution in [0.15, 0.2) is 0 Å². The summed E-state index contributed by atoms with van der Waals surface area (Å²) in [6.07, 6.45) is 21.4. The summed E-state index contributed by atoms with van der Waals surface area (Å²) in [4.78, 5) is 22.4. The van der Waals surface area contributed by atoms with Gasteiger partial charge in [0.15, 0.2) is 0 Å². The molecule has 0 heterocycles. The number of nitrogens with one attached hydrogen (secondary N) is 1. The van der Waals surface area contributed by atoms with Gasteiger partial charge < -0.3 is 15.2 Å².